The van der Waals surface area contributed by atoms with E-state index in [1.165, 1.54) is 11.0 Å². The summed E-state index contributed by atoms with van der Waals surface area (Å²) in [6, 6.07) is 5.18. The van der Waals surface area contributed by atoms with Gasteiger partial charge in [0.05, 0.1) is 35.5 Å². The number of aromatic nitrogens is 2. The normalized spacial score (nSPS) is 28.2. The Kier molecular flexibility index (Phi) is 3.54. The fourth-order valence-electron chi connectivity index (χ4n) is 5.59. The summed E-state index contributed by atoms with van der Waals surface area (Å²) in [5.41, 5.74) is -0.595. The highest BCUT2D eigenvalue weighted by molar-refractivity contribution is 5.92. The lowest BCUT2D eigenvalue weighted by molar-refractivity contribution is -0.174. The summed E-state index contributed by atoms with van der Waals surface area (Å²) in [7, 11) is 0. The van der Waals surface area contributed by atoms with Gasteiger partial charge in [-0.25, -0.2) is 17.6 Å². The number of halogens is 4. The monoisotopic (exact) mass is 405 g/mol. The zero-order valence-corrected chi connectivity index (χ0v) is 16.0. The van der Waals surface area contributed by atoms with Gasteiger partial charge in [0.1, 0.15) is 11.6 Å². The van der Waals surface area contributed by atoms with Crippen LogP contribution in [-0.2, 0) is 10.2 Å². The fraction of sp³-hybridized carbons (Fsp3) is 0.476. The molecular formula is C21H19F4N3O. The van der Waals surface area contributed by atoms with E-state index in [0.29, 0.717) is 18.5 Å². The first-order valence-electron chi connectivity index (χ1n) is 9.58. The van der Waals surface area contributed by atoms with E-state index >= 15 is 0 Å². The molecule has 4 nitrogen and oxygen atoms in total. The van der Waals surface area contributed by atoms with E-state index < -0.39 is 41.5 Å². The number of rotatable bonds is 2. The van der Waals surface area contributed by atoms with Crippen molar-refractivity contribution in [1.29, 1.82) is 0 Å². The number of likely N-dealkylation sites (tertiary alicyclic amines) is 1. The predicted molar refractivity (Wildman–Crippen MR) is 96.3 cm³/mol. The molecule has 2 atom stereocenters. The minimum atomic E-state index is -2.85. The first-order valence-corrected chi connectivity index (χ1v) is 9.58. The molecule has 1 aliphatic heterocycles. The Bertz CT molecular complexity index is 1030. The Morgan fingerprint density at radius 2 is 1.79 bits per heavy atom. The van der Waals surface area contributed by atoms with E-state index in [4.69, 9.17) is 0 Å². The van der Waals surface area contributed by atoms with Crippen LogP contribution >= 0.6 is 0 Å². The topological polar surface area (TPSA) is 46.1 Å². The summed E-state index contributed by atoms with van der Waals surface area (Å²) in [4.78, 5) is 14.5. The second-order valence-corrected chi connectivity index (χ2v) is 8.87. The molecule has 2 bridgehead atoms. The molecule has 0 spiro atoms. The van der Waals surface area contributed by atoms with Gasteiger partial charge < -0.3 is 4.90 Å². The van der Waals surface area contributed by atoms with Crippen LogP contribution in [0.1, 0.15) is 43.9 Å². The van der Waals surface area contributed by atoms with Gasteiger partial charge >= 0.3 is 0 Å². The largest absolute Gasteiger partial charge is 0.330 e. The molecule has 152 valence electrons. The van der Waals surface area contributed by atoms with Crippen LogP contribution in [0.3, 0.4) is 0 Å². The summed E-state index contributed by atoms with van der Waals surface area (Å²) in [6.07, 6.45) is 1.18. The molecule has 5 rings (SSSR count). The minimum Gasteiger partial charge on any atom is -0.330 e. The second-order valence-electron chi connectivity index (χ2n) is 8.87. The van der Waals surface area contributed by atoms with Crippen molar-refractivity contribution >= 4 is 5.91 Å². The van der Waals surface area contributed by atoms with Crippen LogP contribution < -0.4 is 0 Å². The molecule has 0 unspecified atom stereocenters. The van der Waals surface area contributed by atoms with Gasteiger partial charge in [-0.2, -0.15) is 5.10 Å². The van der Waals surface area contributed by atoms with Crippen LogP contribution in [0.15, 0.2) is 24.3 Å². The van der Waals surface area contributed by atoms with Crippen molar-refractivity contribution in [3.63, 3.8) is 0 Å². The first kappa shape index (κ1) is 18.5. The quantitative estimate of drug-likeness (QED) is 0.708. The Hall–Kier alpha value is -2.51. The predicted octanol–water partition coefficient (Wildman–Crippen LogP) is 4.05. The summed E-state index contributed by atoms with van der Waals surface area (Å²) >= 11 is 0. The molecule has 0 radical (unpaired) electrons. The Balaban J connectivity index is 1.62. The van der Waals surface area contributed by atoms with Crippen LogP contribution in [0.25, 0.3) is 11.3 Å². The zero-order chi connectivity index (χ0) is 20.8. The number of fused-ring (bicyclic) bond motifs is 5. The highest BCUT2D eigenvalue weighted by atomic mass is 19.3. The molecule has 2 fully saturated rings. The number of nitrogens with zero attached hydrogens (tertiary/aromatic N) is 3. The van der Waals surface area contributed by atoms with Crippen LogP contribution in [0, 0.1) is 17.0 Å². The van der Waals surface area contributed by atoms with Gasteiger partial charge in [-0.05, 0) is 47.9 Å². The fourth-order valence-corrected chi connectivity index (χ4v) is 5.59. The average molecular weight is 405 g/mol. The molecule has 2 aliphatic carbocycles. The lowest BCUT2D eigenvalue weighted by atomic mass is 9.67. The van der Waals surface area contributed by atoms with Crippen LogP contribution in [0.4, 0.5) is 17.6 Å². The minimum absolute atomic E-state index is 0.0627. The van der Waals surface area contributed by atoms with Crippen LogP contribution in [0.5, 0.6) is 0 Å². The van der Waals surface area contributed by atoms with E-state index in [9.17, 15) is 22.4 Å². The third-order valence-electron chi connectivity index (χ3n) is 7.10. The Morgan fingerprint density at radius 1 is 1.14 bits per heavy atom. The number of alkyl halides is 2. The van der Waals surface area contributed by atoms with E-state index in [2.05, 4.69) is 10.2 Å². The lowest BCUT2D eigenvalue weighted by Crippen LogP contribution is -2.64. The molecule has 2 aromatic rings. The second kappa shape index (κ2) is 5.55. The molecule has 3 aliphatic rings. The highest BCUT2D eigenvalue weighted by Crippen LogP contribution is 2.68. The van der Waals surface area contributed by atoms with E-state index in [0.717, 1.165) is 17.7 Å². The zero-order valence-electron chi connectivity index (χ0n) is 16.0. The maximum Gasteiger partial charge on any atom is 0.282 e. The van der Waals surface area contributed by atoms with E-state index in [1.807, 2.05) is 13.8 Å². The molecule has 1 aromatic heterocycles. The lowest BCUT2D eigenvalue weighted by Gasteiger charge is -2.46. The summed E-state index contributed by atoms with van der Waals surface area (Å²) in [5.74, 6) is -4.75. The summed E-state index contributed by atoms with van der Waals surface area (Å²) < 4.78 is 55.2. The molecule has 1 aromatic carbocycles. The van der Waals surface area contributed by atoms with Gasteiger partial charge in [0, 0.05) is 0 Å². The third kappa shape index (κ3) is 2.23. The van der Waals surface area contributed by atoms with Crippen molar-refractivity contribution in [2.24, 2.45) is 5.41 Å². The van der Waals surface area contributed by atoms with Crippen molar-refractivity contribution in [3.8, 4) is 11.3 Å². The summed E-state index contributed by atoms with van der Waals surface area (Å²) in [6.45, 7) is 2.70. The summed E-state index contributed by atoms with van der Waals surface area (Å²) in [5, 5.41) is 8.29. The molecule has 8 heteroatoms. The third-order valence-corrected chi connectivity index (χ3v) is 7.10. The van der Waals surface area contributed by atoms with Crippen LogP contribution in [-0.4, -0.2) is 40.0 Å². The highest BCUT2D eigenvalue weighted by Gasteiger charge is 2.69. The maximum absolute atomic E-state index is 14.2. The van der Waals surface area contributed by atoms with Crippen LogP contribution in [0.2, 0.25) is 0 Å². The smallest absolute Gasteiger partial charge is 0.282 e. The van der Waals surface area contributed by atoms with Gasteiger partial charge in [0.2, 0.25) is 5.91 Å². The standard InChI is InChI=1S/C21H19F4N3O/c1-19(2)12-6-7-21(19,18(29)28-9-20(24,25)10-28)17-11(12)8-15(26-27-17)16-13(22)4-3-5-14(16)23/h3-5,8,12H,6-7,9-10H2,1-2H3/t12-,21+/m0/s1. The first-order chi connectivity index (χ1) is 13.6. The molecule has 1 saturated carbocycles. The van der Waals surface area contributed by atoms with Crippen molar-refractivity contribution in [1.82, 2.24) is 15.1 Å². The molecule has 29 heavy (non-hydrogen) atoms. The molecule has 1 amide bonds. The number of benzene rings is 1. The number of amides is 1. The van der Waals surface area contributed by atoms with Crippen molar-refractivity contribution < 1.29 is 22.4 Å². The van der Waals surface area contributed by atoms with Gasteiger partial charge in [0.25, 0.3) is 5.92 Å². The van der Waals surface area contributed by atoms with Gasteiger partial charge in [0.15, 0.2) is 0 Å². The number of hydrogen-bond donors (Lipinski definition) is 0. The Morgan fingerprint density at radius 3 is 2.41 bits per heavy atom. The Labute approximate surface area is 164 Å². The molecule has 2 heterocycles. The van der Waals surface area contributed by atoms with Crippen molar-refractivity contribution in [2.75, 3.05) is 13.1 Å². The van der Waals surface area contributed by atoms with E-state index in [-0.39, 0.29) is 23.1 Å². The number of hydrogen-bond acceptors (Lipinski definition) is 3. The van der Waals surface area contributed by atoms with Crippen molar-refractivity contribution in [2.45, 2.75) is 43.9 Å². The van der Waals surface area contributed by atoms with E-state index in [1.54, 1.807) is 6.07 Å². The number of carbonyl (C=O) groups excluding carboxylic acids is 1. The molecular weight excluding hydrogens is 386 g/mol. The van der Waals surface area contributed by atoms with Gasteiger partial charge in [-0.15, -0.1) is 5.10 Å². The maximum atomic E-state index is 14.2. The average Bonchev–Trinajstić information content (AvgIpc) is 3.00. The SMILES string of the molecule is CC1(C)[C@H]2CC[C@]1(C(=O)N1CC(F)(F)C1)c1nnc(-c3c(F)cccc3F)cc12. The van der Waals surface area contributed by atoms with Crippen molar-refractivity contribution in [3.05, 3.63) is 47.2 Å². The van der Waals surface area contributed by atoms with Gasteiger partial charge in [-0.3, -0.25) is 4.79 Å². The number of carbonyl (C=O) groups is 1. The molecule has 1 saturated heterocycles. The molecule has 0 N–H and O–H groups in total. The van der Waals surface area contributed by atoms with Gasteiger partial charge in [-0.1, -0.05) is 19.9 Å².